The summed E-state index contributed by atoms with van der Waals surface area (Å²) < 4.78 is 2.37. The van der Waals surface area contributed by atoms with Crippen LogP contribution in [-0.2, 0) is 7.05 Å². The molecule has 0 N–H and O–H groups in total. The standard InChI is InChI=1S/C17H19NSi/c1-18-16-12-8-7-9-14(16)13-17(18)19(2,3)15-10-5-4-6-11-15/h4-13H,1-3H3. The van der Waals surface area contributed by atoms with E-state index in [9.17, 15) is 0 Å². The van der Waals surface area contributed by atoms with Crippen LogP contribution in [0.15, 0.2) is 60.7 Å². The van der Waals surface area contributed by atoms with E-state index in [4.69, 9.17) is 0 Å². The molecule has 0 spiro atoms. The number of aryl methyl sites for hydroxylation is 1. The Kier molecular flexibility index (Phi) is 2.83. The van der Waals surface area contributed by atoms with Crippen molar-refractivity contribution < 1.29 is 0 Å². The third kappa shape index (κ3) is 1.92. The zero-order valence-corrected chi connectivity index (χ0v) is 12.7. The van der Waals surface area contributed by atoms with E-state index in [1.54, 1.807) is 0 Å². The monoisotopic (exact) mass is 265 g/mol. The highest BCUT2D eigenvalue weighted by atomic mass is 28.3. The molecule has 3 rings (SSSR count). The van der Waals surface area contributed by atoms with Crippen LogP contribution in [0.2, 0.25) is 13.1 Å². The first-order valence-corrected chi connectivity index (χ1v) is 9.71. The molecule has 1 nitrogen and oxygen atoms in total. The second-order valence-corrected chi connectivity index (χ2v) is 9.98. The predicted octanol–water partition coefficient (Wildman–Crippen LogP) is 3.00. The van der Waals surface area contributed by atoms with E-state index in [0.29, 0.717) is 0 Å². The van der Waals surface area contributed by atoms with Crippen molar-refractivity contribution in [2.24, 2.45) is 7.05 Å². The fourth-order valence-corrected chi connectivity index (χ4v) is 5.69. The van der Waals surface area contributed by atoms with Crippen LogP contribution in [0.25, 0.3) is 10.9 Å². The van der Waals surface area contributed by atoms with Crippen molar-refractivity contribution in [2.75, 3.05) is 0 Å². The fourth-order valence-electron chi connectivity index (χ4n) is 2.89. The van der Waals surface area contributed by atoms with Crippen molar-refractivity contribution >= 4 is 29.5 Å². The van der Waals surface area contributed by atoms with Crippen molar-refractivity contribution in [1.82, 2.24) is 4.57 Å². The summed E-state index contributed by atoms with van der Waals surface area (Å²) in [5.41, 5.74) is 1.33. The van der Waals surface area contributed by atoms with E-state index in [1.165, 1.54) is 21.4 Å². The average molecular weight is 265 g/mol. The lowest BCUT2D eigenvalue weighted by atomic mass is 10.2. The molecule has 0 atom stereocenters. The molecule has 0 bridgehead atoms. The molecule has 96 valence electrons. The number of fused-ring (bicyclic) bond motifs is 1. The van der Waals surface area contributed by atoms with Gasteiger partial charge in [-0.15, -0.1) is 0 Å². The number of aromatic nitrogens is 1. The van der Waals surface area contributed by atoms with Gasteiger partial charge in [-0.25, -0.2) is 0 Å². The lowest BCUT2D eigenvalue weighted by molar-refractivity contribution is 0.996. The minimum Gasteiger partial charge on any atom is -0.351 e. The number of hydrogen-bond donors (Lipinski definition) is 0. The van der Waals surface area contributed by atoms with Crippen LogP contribution in [0.5, 0.6) is 0 Å². The Morgan fingerprint density at radius 1 is 0.842 bits per heavy atom. The van der Waals surface area contributed by atoms with Gasteiger partial charge < -0.3 is 4.57 Å². The molecule has 0 saturated heterocycles. The molecule has 0 aliphatic carbocycles. The van der Waals surface area contributed by atoms with Crippen molar-refractivity contribution in [1.29, 1.82) is 0 Å². The third-order valence-electron chi connectivity index (χ3n) is 4.09. The van der Waals surface area contributed by atoms with Gasteiger partial charge in [0.2, 0.25) is 0 Å². The Labute approximate surface area is 115 Å². The molecule has 1 heterocycles. The zero-order chi connectivity index (χ0) is 13.5. The molecule has 3 aromatic rings. The summed E-state index contributed by atoms with van der Waals surface area (Å²) in [7, 11) is 0.570. The third-order valence-corrected chi connectivity index (χ3v) is 7.62. The second kappa shape index (κ2) is 4.39. The maximum atomic E-state index is 2.43. The molecule has 2 aromatic carbocycles. The molecular weight excluding hydrogens is 246 g/mol. The topological polar surface area (TPSA) is 4.93 Å². The van der Waals surface area contributed by atoms with E-state index in [2.05, 4.69) is 85.4 Å². The highest BCUT2D eigenvalue weighted by Crippen LogP contribution is 2.16. The average Bonchev–Trinajstić information content (AvgIpc) is 2.78. The first-order valence-electron chi connectivity index (χ1n) is 6.71. The molecule has 1 aromatic heterocycles. The molecular formula is C17H19NSi. The van der Waals surface area contributed by atoms with Crippen LogP contribution in [0.4, 0.5) is 0 Å². The Balaban J connectivity index is 2.21. The molecule has 19 heavy (non-hydrogen) atoms. The molecule has 2 heteroatoms. The number of hydrogen-bond acceptors (Lipinski definition) is 0. The van der Waals surface area contributed by atoms with Crippen molar-refractivity contribution in [3.8, 4) is 0 Å². The van der Waals surface area contributed by atoms with Crippen LogP contribution in [0.3, 0.4) is 0 Å². The van der Waals surface area contributed by atoms with Crippen molar-refractivity contribution in [3.05, 3.63) is 60.7 Å². The smallest absolute Gasteiger partial charge is 0.132 e. The van der Waals surface area contributed by atoms with Gasteiger partial charge in [0.15, 0.2) is 0 Å². The summed E-state index contributed by atoms with van der Waals surface area (Å²) in [4.78, 5) is 0. The van der Waals surface area contributed by atoms with Gasteiger partial charge in [0.25, 0.3) is 0 Å². The zero-order valence-electron chi connectivity index (χ0n) is 11.7. The summed E-state index contributed by atoms with van der Waals surface area (Å²) in [5.74, 6) is 0. The number of nitrogens with zero attached hydrogens (tertiary/aromatic N) is 1. The summed E-state index contributed by atoms with van der Waals surface area (Å²) in [6.07, 6.45) is 0. The van der Waals surface area contributed by atoms with Crippen LogP contribution in [0.1, 0.15) is 0 Å². The van der Waals surface area contributed by atoms with Gasteiger partial charge in [0.05, 0.1) is 0 Å². The van der Waals surface area contributed by atoms with Gasteiger partial charge >= 0.3 is 0 Å². The maximum absolute atomic E-state index is 2.43. The Bertz CT molecular complexity index is 710. The molecule has 0 aliphatic rings. The van der Waals surface area contributed by atoms with E-state index in [1.807, 2.05) is 0 Å². The van der Waals surface area contributed by atoms with Crippen molar-refractivity contribution in [3.63, 3.8) is 0 Å². The first-order chi connectivity index (χ1) is 9.10. The lowest BCUT2D eigenvalue weighted by Crippen LogP contribution is -2.55. The Morgan fingerprint density at radius 3 is 2.16 bits per heavy atom. The SMILES string of the molecule is Cn1c([Si](C)(C)c2ccccc2)cc2ccccc21. The lowest BCUT2D eigenvalue weighted by Gasteiger charge is -2.24. The van der Waals surface area contributed by atoms with Gasteiger partial charge in [-0.1, -0.05) is 66.8 Å². The van der Waals surface area contributed by atoms with Gasteiger partial charge in [0, 0.05) is 17.9 Å². The van der Waals surface area contributed by atoms with E-state index >= 15 is 0 Å². The van der Waals surface area contributed by atoms with Crippen LogP contribution in [-0.4, -0.2) is 12.6 Å². The van der Waals surface area contributed by atoms with Crippen LogP contribution in [0, 0.1) is 0 Å². The molecule has 0 saturated carbocycles. The van der Waals surface area contributed by atoms with E-state index in [-0.39, 0.29) is 0 Å². The minimum atomic E-state index is -1.62. The number of rotatable bonds is 2. The van der Waals surface area contributed by atoms with Crippen molar-refractivity contribution in [2.45, 2.75) is 13.1 Å². The summed E-state index contributed by atoms with van der Waals surface area (Å²) in [6, 6.07) is 21.9. The van der Waals surface area contributed by atoms with Gasteiger partial charge in [0.1, 0.15) is 8.07 Å². The molecule has 0 aliphatic heterocycles. The Morgan fingerprint density at radius 2 is 1.47 bits per heavy atom. The molecule has 0 unspecified atom stereocenters. The highest BCUT2D eigenvalue weighted by molar-refractivity contribution is 7.00. The Hall–Kier alpha value is -1.80. The normalized spacial score (nSPS) is 11.9. The predicted molar refractivity (Wildman–Crippen MR) is 86.1 cm³/mol. The minimum absolute atomic E-state index is 1.33. The van der Waals surface area contributed by atoms with Crippen LogP contribution >= 0.6 is 0 Å². The summed E-state index contributed by atoms with van der Waals surface area (Å²) >= 11 is 0. The highest BCUT2D eigenvalue weighted by Gasteiger charge is 2.29. The number of benzene rings is 2. The largest absolute Gasteiger partial charge is 0.351 e. The van der Waals surface area contributed by atoms with Crippen LogP contribution < -0.4 is 10.5 Å². The van der Waals surface area contributed by atoms with Gasteiger partial charge in [-0.05, 0) is 17.5 Å². The molecule has 0 amide bonds. The fraction of sp³-hybridized carbons (Fsp3) is 0.176. The molecule has 0 fully saturated rings. The van der Waals surface area contributed by atoms with E-state index < -0.39 is 8.07 Å². The van der Waals surface area contributed by atoms with Gasteiger partial charge in [-0.2, -0.15) is 0 Å². The second-order valence-electron chi connectivity index (χ2n) is 5.64. The first kappa shape index (κ1) is 12.2. The van der Waals surface area contributed by atoms with E-state index in [0.717, 1.165) is 0 Å². The summed E-state index contributed by atoms with van der Waals surface area (Å²) in [6.45, 7) is 4.85. The molecule has 0 radical (unpaired) electrons. The van der Waals surface area contributed by atoms with Gasteiger partial charge in [-0.3, -0.25) is 0 Å². The summed E-state index contributed by atoms with van der Waals surface area (Å²) in [5, 5.41) is 4.32. The number of para-hydroxylation sites is 1. The maximum Gasteiger partial charge on any atom is 0.132 e. The quantitative estimate of drug-likeness (QED) is 0.628.